The Balaban J connectivity index is 0.971. The minimum absolute atomic E-state index is 0.0934. The van der Waals surface area contributed by atoms with Crippen LogP contribution in [0.3, 0.4) is 0 Å². The molecule has 0 aromatic rings. The lowest BCUT2D eigenvalue weighted by molar-refractivity contribution is 0.143. The average Bonchev–Trinajstić information content (AvgIpc) is 3.82. The summed E-state index contributed by atoms with van der Waals surface area (Å²) in [5.41, 5.74) is 18.5. The fraction of sp³-hybridized carbons (Fsp3) is 0.475. The third kappa shape index (κ3) is 6.01. The van der Waals surface area contributed by atoms with E-state index in [9.17, 15) is 0 Å². The van der Waals surface area contributed by atoms with Crippen molar-refractivity contribution in [2.75, 3.05) is 0 Å². The van der Waals surface area contributed by atoms with Gasteiger partial charge in [-0.25, -0.2) is 0 Å². The van der Waals surface area contributed by atoms with Gasteiger partial charge in [0, 0.05) is 46.3 Å². The summed E-state index contributed by atoms with van der Waals surface area (Å²) in [4.78, 5) is 6.00. The van der Waals surface area contributed by atoms with Crippen LogP contribution < -0.4 is 0 Å². The number of hydrogen-bond acceptors (Lipinski definition) is 2. The zero-order valence-corrected chi connectivity index (χ0v) is 37.6. The Bertz CT molecular complexity index is 2460. The smallest absolute Gasteiger partial charge is 0.0593 e. The fourth-order valence-electron chi connectivity index (χ4n) is 16.2. The van der Waals surface area contributed by atoms with Gasteiger partial charge in [-0.2, -0.15) is 0 Å². The van der Waals surface area contributed by atoms with E-state index in [4.69, 9.17) is 0 Å². The number of nitrogens with zero attached hydrogens (tertiary/aromatic N) is 2. The number of fused-ring (bicyclic) bond motifs is 11. The van der Waals surface area contributed by atoms with E-state index in [0.29, 0.717) is 53.6 Å². The summed E-state index contributed by atoms with van der Waals surface area (Å²) >= 11 is 0. The molecule has 0 amide bonds. The molecular formula is C61H68N2. The number of hydrogen-bond donors (Lipinski definition) is 0. The van der Waals surface area contributed by atoms with Crippen molar-refractivity contribution in [3.05, 3.63) is 189 Å². The van der Waals surface area contributed by atoms with Gasteiger partial charge in [-0.05, 0) is 179 Å². The SMILES string of the molecule is C1=CCCC(N(C2=CCCC3=C2C2C=CCCC2C32C3=C(C=CC(N(C4=C5C=CC=CC5CCC4)C4C=CCCC4)C3)C3CCC=CC32)C2C=C3CCC=CC3=C3C=CCCC32)=C1. The van der Waals surface area contributed by atoms with Gasteiger partial charge < -0.3 is 9.80 Å². The number of allylic oxidation sites excluding steroid dienone is 26. The highest BCUT2D eigenvalue weighted by molar-refractivity contribution is 5.62. The van der Waals surface area contributed by atoms with Gasteiger partial charge >= 0.3 is 0 Å². The minimum Gasteiger partial charge on any atom is -0.361 e. The van der Waals surface area contributed by atoms with Gasteiger partial charge in [-0.1, -0.05) is 133 Å². The molecule has 0 radical (unpaired) electrons. The van der Waals surface area contributed by atoms with Crippen molar-refractivity contribution in [1.82, 2.24) is 9.80 Å². The van der Waals surface area contributed by atoms with Gasteiger partial charge in [0.25, 0.3) is 0 Å². The predicted molar refractivity (Wildman–Crippen MR) is 261 cm³/mol. The molecule has 13 aliphatic carbocycles. The van der Waals surface area contributed by atoms with E-state index in [-0.39, 0.29) is 5.41 Å². The fourth-order valence-corrected chi connectivity index (χ4v) is 16.2. The van der Waals surface area contributed by atoms with Crippen molar-refractivity contribution in [3.63, 3.8) is 0 Å². The Hall–Kier alpha value is -4.56. The van der Waals surface area contributed by atoms with Crippen LogP contribution >= 0.6 is 0 Å². The topological polar surface area (TPSA) is 6.48 Å². The molecule has 0 aromatic carbocycles. The molecule has 0 fully saturated rings. The standard InChI is InChI=1S/C61H68N2/c1-3-22-43(23-4-1)62(57-35-17-21-41-19-7-10-27-47(41)57)45-37-38-50-49-29-13-15-32-53(49)61(56(50)40-45)54-33-16-14-31-52(54)60-55(61)34-18-36-58(60)63(44-24-5-2-6-25-44)59-39-42-20-8-9-26-46(42)48-28-11-12-30-51(48)59/h2-3,5,7,9-11,14-15,19,22,24,26-28,31-32,36-39,41,43,45,49,51-54,59H,1,4,6,8,12-13,16-18,20-21,23,25,29-30,33-35,40H2. The average molecular weight is 829 g/mol. The van der Waals surface area contributed by atoms with Crippen LogP contribution in [0.5, 0.6) is 0 Å². The van der Waals surface area contributed by atoms with Crippen LogP contribution in [0.25, 0.3) is 0 Å². The van der Waals surface area contributed by atoms with E-state index < -0.39 is 0 Å². The second-order valence-corrected chi connectivity index (χ2v) is 21.3. The summed E-state index contributed by atoms with van der Waals surface area (Å²) in [7, 11) is 0. The monoisotopic (exact) mass is 829 g/mol. The first-order valence-corrected chi connectivity index (χ1v) is 25.9. The second-order valence-electron chi connectivity index (χ2n) is 21.3. The molecule has 63 heavy (non-hydrogen) atoms. The van der Waals surface area contributed by atoms with Crippen LogP contribution in [0.15, 0.2) is 189 Å². The molecule has 1 spiro atoms. The van der Waals surface area contributed by atoms with Crippen molar-refractivity contribution < 1.29 is 0 Å². The van der Waals surface area contributed by atoms with Gasteiger partial charge in [-0.15, -0.1) is 0 Å². The largest absolute Gasteiger partial charge is 0.361 e. The first-order chi connectivity index (χ1) is 31.3. The van der Waals surface area contributed by atoms with Crippen LogP contribution in [0.4, 0.5) is 0 Å². The Morgan fingerprint density at radius 2 is 1.46 bits per heavy atom. The van der Waals surface area contributed by atoms with Crippen molar-refractivity contribution in [2.24, 2.45) is 40.9 Å². The minimum atomic E-state index is 0.0934. The highest BCUT2D eigenvalue weighted by Gasteiger charge is 2.65. The molecule has 2 heteroatoms. The zero-order valence-electron chi connectivity index (χ0n) is 37.6. The van der Waals surface area contributed by atoms with Crippen LogP contribution in [0.2, 0.25) is 0 Å². The molecule has 13 aliphatic rings. The maximum Gasteiger partial charge on any atom is 0.0593 e. The summed E-state index contributed by atoms with van der Waals surface area (Å²) in [5, 5.41) is 0. The van der Waals surface area contributed by atoms with Crippen LogP contribution in [-0.2, 0) is 0 Å². The zero-order chi connectivity index (χ0) is 41.5. The Morgan fingerprint density at radius 3 is 2.40 bits per heavy atom. The van der Waals surface area contributed by atoms with Crippen molar-refractivity contribution >= 4 is 0 Å². The molecule has 0 heterocycles. The summed E-state index contributed by atoms with van der Waals surface area (Å²) in [6.07, 6.45) is 76.9. The third-order valence-corrected chi connectivity index (χ3v) is 18.4. The molecule has 0 saturated carbocycles. The molecule has 2 nitrogen and oxygen atoms in total. The number of rotatable bonds is 6. The summed E-state index contributed by atoms with van der Waals surface area (Å²) in [6.45, 7) is 0. The van der Waals surface area contributed by atoms with Gasteiger partial charge in [0.2, 0.25) is 0 Å². The lowest BCUT2D eigenvalue weighted by Crippen LogP contribution is -2.46. The first-order valence-electron chi connectivity index (χ1n) is 25.9. The van der Waals surface area contributed by atoms with Gasteiger partial charge in [0.1, 0.15) is 0 Å². The van der Waals surface area contributed by atoms with Crippen LogP contribution in [0, 0.1) is 40.9 Å². The molecule has 0 aliphatic heterocycles. The lowest BCUT2D eigenvalue weighted by atomic mass is 9.56. The molecule has 0 aromatic heterocycles. The molecule has 10 unspecified atom stereocenters. The molecule has 322 valence electrons. The van der Waals surface area contributed by atoms with Gasteiger partial charge in [-0.3, -0.25) is 0 Å². The second kappa shape index (κ2) is 15.9. The molecule has 0 N–H and O–H groups in total. The first kappa shape index (κ1) is 38.9. The summed E-state index contributed by atoms with van der Waals surface area (Å²) in [5.74, 6) is 3.38. The lowest BCUT2D eigenvalue weighted by Gasteiger charge is -2.49. The van der Waals surface area contributed by atoms with Crippen LogP contribution in [-0.4, -0.2) is 27.9 Å². The van der Waals surface area contributed by atoms with E-state index in [2.05, 4.69) is 137 Å². The Kier molecular flexibility index (Phi) is 9.78. The highest BCUT2D eigenvalue weighted by Crippen LogP contribution is 2.73. The quantitative estimate of drug-likeness (QED) is 0.246. The van der Waals surface area contributed by atoms with E-state index in [1.165, 1.54) is 102 Å². The molecule has 0 bridgehead atoms. The van der Waals surface area contributed by atoms with E-state index in [0.717, 1.165) is 25.7 Å². The van der Waals surface area contributed by atoms with Crippen molar-refractivity contribution in [3.8, 4) is 0 Å². The predicted octanol–water partition coefficient (Wildman–Crippen LogP) is 14.8. The maximum atomic E-state index is 3.01. The maximum absolute atomic E-state index is 3.01. The van der Waals surface area contributed by atoms with E-state index >= 15 is 0 Å². The third-order valence-electron chi connectivity index (χ3n) is 18.4. The molecule has 10 atom stereocenters. The van der Waals surface area contributed by atoms with Gasteiger partial charge in [0.15, 0.2) is 0 Å². The Labute approximate surface area is 378 Å². The highest BCUT2D eigenvalue weighted by atomic mass is 15.2. The van der Waals surface area contributed by atoms with Crippen molar-refractivity contribution in [2.45, 2.75) is 140 Å². The van der Waals surface area contributed by atoms with E-state index in [1.54, 1.807) is 45.0 Å². The van der Waals surface area contributed by atoms with Crippen molar-refractivity contribution in [1.29, 1.82) is 0 Å². The molecular weight excluding hydrogens is 761 g/mol. The van der Waals surface area contributed by atoms with Crippen LogP contribution in [0.1, 0.15) is 122 Å². The molecule has 13 rings (SSSR count). The normalized spacial score (nSPS) is 37.9. The summed E-state index contributed by atoms with van der Waals surface area (Å²) < 4.78 is 0. The summed E-state index contributed by atoms with van der Waals surface area (Å²) in [6, 6.07) is 1.23. The molecule has 0 saturated heterocycles. The Morgan fingerprint density at radius 1 is 0.571 bits per heavy atom. The van der Waals surface area contributed by atoms with Gasteiger partial charge in [0.05, 0.1) is 12.1 Å². The van der Waals surface area contributed by atoms with E-state index in [1.807, 2.05) is 11.1 Å².